The zero-order valence-electron chi connectivity index (χ0n) is 20.1. The van der Waals surface area contributed by atoms with Gasteiger partial charge < -0.3 is 18.9 Å². The van der Waals surface area contributed by atoms with Crippen LogP contribution in [0.3, 0.4) is 0 Å². The first kappa shape index (κ1) is 24.0. The highest BCUT2D eigenvalue weighted by atomic mass is 16.7. The molecule has 5 atom stereocenters. The third kappa shape index (κ3) is 4.74. The van der Waals surface area contributed by atoms with E-state index in [1.165, 1.54) is 17.9 Å². The molecule has 0 amide bonds. The summed E-state index contributed by atoms with van der Waals surface area (Å²) in [5.74, 6) is -0.602. The van der Waals surface area contributed by atoms with Crippen molar-refractivity contribution in [1.82, 2.24) is 0 Å². The first-order chi connectivity index (χ1) is 14.5. The normalized spacial score (nSPS) is 37.2. The minimum Gasteiger partial charge on any atom is -0.432 e. The molecular formula is C26H38O5. The van der Waals surface area contributed by atoms with Crippen LogP contribution < -0.4 is 0 Å². The molecule has 0 radical (unpaired) electrons. The molecule has 0 aromatic rings. The monoisotopic (exact) mass is 430 g/mol. The highest BCUT2D eigenvalue weighted by Gasteiger charge is 2.67. The van der Waals surface area contributed by atoms with Crippen molar-refractivity contribution in [2.24, 2.45) is 17.3 Å². The molecule has 2 fully saturated rings. The largest absolute Gasteiger partial charge is 0.432 e. The van der Waals surface area contributed by atoms with Crippen molar-refractivity contribution < 1.29 is 23.7 Å². The Morgan fingerprint density at radius 3 is 2.71 bits per heavy atom. The molecule has 1 aliphatic carbocycles. The Bertz CT molecular complexity index is 803. The van der Waals surface area contributed by atoms with Crippen LogP contribution in [0.2, 0.25) is 0 Å². The van der Waals surface area contributed by atoms with E-state index >= 15 is 0 Å². The fourth-order valence-corrected chi connectivity index (χ4v) is 5.17. The van der Waals surface area contributed by atoms with Gasteiger partial charge in [0.25, 0.3) is 0 Å². The third-order valence-corrected chi connectivity index (χ3v) is 6.79. The molecule has 0 aromatic carbocycles. The maximum absolute atomic E-state index is 12.1. The van der Waals surface area contributed by atoms with E-state index in [-0.39, 0.29) is 23.4 Å². The molecule has 0 unspecified atom stereocenters. The van der Waals surface area contributed by atoms with Gasteiger partial charge in [-0.3, -0.25) is 0 Å². The molecule has 3 rings (SSSR count). The highest BCUT2D eigenvalue weighted by Crippen LogP contribution is 2.60. The van der Waals surface area contributed by atoms with Crippen LogP contribution in [0.15, 0.2) is 47.8 Å². The quantitative estimate of drug-likeness (QED) is 0.231. The van der Waals surface area contributed by atoms with Gasteiger partial charge in [-0.15, -0.1) is 0 Å². The van der Waals surface area contributed by atoms with Gasteiger partial charge in [0, 0.05) is 25.5 Å². The molecule has 1 spiro atoms. The zero-order chi connectivity index (χ0) is 22.9. The second kappa shape index (κ2) is 9.05. The van der Waals surface area contributed by atoms with Crippen molar-refractivity contribution in [3.05, 3.63) is 47.8 Å². The van der Waals surface area contributed by atoms with Crippen LogP contribution in [-0.2, 0) is 23.7 Å². The van der Waals surface area contributed by atoms with Crippen molar-refractivity contribution in [2.45, 2.75) is 78.3 Å². The summed E-state index contributed by atoms with van der Waals surface area (Å²) in [7, 11) is 1.68. The number of carbonyl (C=O) groups is 1. The van der Waals surface area contributed by atoms with Crippen molar-refractivity contribution in [3.8, 4) is 0 Å². The first-order valence-corrected chi connectivity index (χ1v) is 11.3. The summed E-state index contributed by atoms with van der Waals surface area (Å²) in [5.41, 5.74) is 1.36. The van der Waals surface area contributed by atoms with Gasteiger partial charge >= 0.3 is 5.97 Å². The van der Waals surface area contributed by atoms with Crippen LogP contribution >= 0.6 is 0 Å². The number of hydrogen-bond donors (Lipinski definition) is 0. The summed E-state index contributed by atoms with van der Waals surface area (Å²) in [6.45, 7) is 12.9. The van der Waals surface area contributed by atoms with Gasteiger partial charge in [-0.25, -0.2) is 4.79 Å². The number of rotatable bonds is 7. The molecule has 0 N–H and O–H groups in total. The van der Waals surface area contributed by atoms with Crippen LogP contribution in [-0.4, -0.2) is 37.2 Å². The second-order valence-electron chi connectivity index (χ2n) is 10.2. The third-order valence-electron chi connectivity index (χ3n) is 6.79. The molecule has 172 valence electrons. The van der Waals surface area contributed by atoms with Gasteiger partial charge in [0.2, 0.25) is 0 Å². The van der Waals surface area contributed by atoms with Crippen molar-refractivity contribution >= 4 is 5.97 Å². The van der Waals surface area contributed by atoms with Crippen LogP contribution in [0, 0.1) is 17.3 Å². The fourth-order valence-electron chi connectivity index (χ4n) is 5.17. The standard InChI is InChI=1S/C26H38O5/c1-18(2)9-8-12-24(5)13-10-20-17-30-22-16-25(6,28-7)31-26(20,22)21(24)11-14-29-23(27)15-19(3)4/h8-11,14-15,18,21-22H,12-13,16-17H2,1-7H3/b9-8+,14-11+/t21-,22+,24+,25+,26-/m1/s1. The lowest BCUT2D eigenvalue weighted by atomic mass is 9.58. The molecule has 0 aromatic heterocycles. The van der Waals surface area contributed by atoms with Crippen LogP contribution in [0.25, 0.3) is 0 Å². The summed E-state index contributed by atoms with van der Waals surface area (Å²) >= 11 is 0. The Balaban J connectivity index is 1.98. The molecular weight excluding hydrogens is 392 g/mol. The minimum absolute atomic E-state index is 0.0270. The first-order valence-electron chi connectivity index (χ1n) is 11.3. The maximum atomic E-state index is 12.1. The summed E-state index contributed by atoms with van der Waals surface area (Å²) in [5, 5.41) is 0. The molecule has 2 saturated heterocycles. The van der Waals surface area contributed by atoms with Gasteiger partial charge in [0.05, 0.1) is 19.0 Å². The molecule has 5 heteroatoms. The molecule has 0 saturated carbocycles. The summed E-state index contributed by atoms with van der Waals surface area (Å²) in [6.07, 6.45) is 14.2. The van der Waals surface area contributed by atoms with Crippen LogP contribution in [0.4, 0.5) is 0 Å². The molecule has 5 nitrogen and oxygen atoms in total. The number of carbonyl (C=O) groups excluding carboxylic acids is 1. The zero-order valence-corrected chi connectivity index (χ0v) is 20.1. The lowest BCUT2D eigenvalue weighted by Gasteiger charge is -2.49. The van der Waals surface area contributed by atoms with Crippen molar-refractivity contribution in [2.75, 3.05) is 13.7 Å². The number of methoxy groups -OCH3 is 1. The average Bonchev–Trinajstić information content (AvgIpc) is 3.14. The van der Waals surface area contributed by atoms with Gasteiger partial charge in [0.15, 0.2) is 5.79 Å². The Hall–Kier alpha value is -1.69. The Morgan fingerprint density at radius 1 is 1.32 bits per heavy atom. The highest BCUT2D eigenvalue weighted by molar-refractivity contribution is 5.83. The molecule has 3 aliphatic rings. The van der Waals surface area contributed by atoms with E-state index in [4.69, 9.17) is 18.9 Å². The topological polar surface area (TPSA) is 54.0 Å². The number of allylic oxidation sites excluding steroid dienone is 4. The van der Waals surface area contributed by atoms with Gasteiger partial charge in [0.1, 0.15) is 5.60 Å². The van der Waals surface area contributed by atoms with Crippen molar-refractivity contribution in [3.63, 3.8) is 0 Å². The van der Waals surface area contributed by atoms with E-state index in [9.17, 15) is 4.79 Å². The fraction of sp³-hybridized carbons (Fsp3) is 0.654. The predicted molar refractivity (Wildman–Crippen MR) is 121 cm³/mol. The second-order valence-corrected chi connectivity index (χ2v) is 10.2. The average molecular weight is 431 g/mol. The molecule has 0 bridgehead atoms. The van der Waals surface area contributed by atoms with Gasteiger partial charge in [-0.1, -0.05) is 44.6 Å². The van der Waals surface area contributed by atoms with E-state index in [1.807, 2.05) is 26.8 Å². The number of ether oxygens (including phenoxy) is 4. The summed E-state index contributed by atoms with van der Waals surface area (Å²) in [4.78, 5) is 12.1. The van der Waals surface area contributed by atoms with Crippen LogP contribution in [0.1, 0.15) is 60.8 Å². The van der Waals surface area contributed by atoms with E-state index in [0.29, 0.717) is 18.9 Å². The Morgan fingerprint density at radius 2 is 2.06 bits per heavy atom. The molecule has 2 aliphatic heterocycles. The predicted octanol–water partition coefficient (Wildman–Crippen LogP) is 5.48. The van der Waals surface area contributed by atoms with Crippen LogP contribution in [0.5, 0.6) is 0 Å². The van der Waals surface area contributed by atoms with Crippen molar-refractivity contribution in [1.29, 1.82) is 0 Å². The molecule has 31 heavy (non-hydrogen) atoms. The Labute approximate surface area is 187 Å². The van der Waals surface area contributed by atoms with E-state index in [2.05, 4.69) is 39.0 Å². The SMILES string of the molecule is CO[C@]1(C)C[C@@H]2OCC3=CC[C@](C)(C/C=C/C(C)C)[C@@H](/C=C/OC(=O)C=C(C)C)[C@]32O1. The summed E-state index contributed by atoms with van der Waals surface area (Å²) < 4.78 is 24.1. The lowest BCUT2D eigenvalue weighted by Crippen LogP contribution is -2.53. The van der Waals surface area contributed by atoms with E-state index < -0.39 is 11.4 Å². The van der Waals surface area contributed by atoms with Gasteiger partial charge in [-0.05, 0) is 56.6 Å². The van der Waals surface area contributed by atoms with Gasteiger partial charge in [-0.2, -0.15) is 0 Å². The lowest BCUT2D eigenvalue weighted by molar-refractivity contribution is -0.235. The Kier molecular flexibility index (Phi) is 6.99. The van der Waals surface area contributed by atoms with E-state index in [0.717, 1.165) is 18.4 Å². The van der Waals surface area contributed by atoms with E-state index in [1.54, 1.807) is 7.11 Å². The number of hydrogen-bond acceptors (Lipinski definition) is 5. The number of esters is 1. The summed E-state index contributed by atoms with van der Waals surface area (Å²) in [6, 6.07) is 0. The maximum Gasteiger partial charge on any atom is 0.335 e. The smallest absolute Gasteiger partial charge is 0.335 e. The molecule has 2 heterocycles. The minimum atomic E-state index is -0.707.